The number of nitrogens with zero attached hydrogens (tertiary/aromatic N) is 1. The Bertz CT molecular complexity index is 356. The topological polar surface area (TPSA) is 29.4 Å². The number of aliphatic imine (C=N–C) groups is 1. The molecule has 0 aromatic heterocycles. The highest BCUT2D eigenvalue weighted by molar-refractivity contribution is 6.36. The third-order valence-electron chi connectivity index (χ3n) is 1.39. The molecule has 0 fully saturated rings. The molecule has 0 heterocycles. The van der Waals surface area contributed by atoms with Crippen LogP contribution in [-0.4, -0.2) is 6.08 Å². The van der Waals surface area contributed by atoms with E-state index in [9.17, 15) is 4.79 Å². The molecule has 0 saturated heterocycles. The zero-order valence-corrected chi connectivity index (χ0v) is 7.78. The molecule has 2 nitrogen and oxygen atoms in total. The van der Waals surface area contributed by atoms with E-state index in [1.54, 1.807) is 12.1 Å². The molecule has 4 heteroatoms. The van der Waals surface area contributed by atoms with Crippen LogP contribution >= 0.6 is 23.2 Å². The quantitative estimate of drug-likeness (QED) is 0.507. The maximum Gasteiger partial charge on any atom is 0.240 e. The van der Waals surface area contributed by atoms with Gasteiger partial charge in [0.1, 0.15) is 0 Å². The fourth-order valence-corrected chi connectivity index (χ4v) is 1.20. The second-order valence-electron chi connectivity index (χ2n) is 2.26. The van der Waals surface area contributed by atoms with Gasteiger partial charge in [-0.2, -0.15) is 4.99 Å². The molecule has 12 heavy (non-hydrogen) atoms. The Morgan fingerprint density at radius 2 is 2.00 bits per heavy atom. The van der Waals surface area contributed by atoms with Crippen LogP contribution in [0.1, 0.15) is 5.56 Å². The highest BCUT2D eigenvalue weighted by Gasteiger charge is 2.02. The van der Waals surface area contributed by atoms with Gasteiger partial charge in [-0.3, -0.25) is 0 Å². The van der Waals surface area contributed by atoms with Crippen molar-refractivity contribution in [1.82, 2.24) is 0 Å². The van der Waals surface area contributed by atoms with Crippen molar-refractivity contribution in [2.75, 3.05) is 0 Å². The fourth-order valence-electron chi connectivity index (χ4n) is 0.777. The van der Waals surface area contributed by atoms with Crippen molar-refractivity contribution in [3.8, 4) is 0 Å². The highest BCUT2D eigenvalue weighted by Crippen LogP contribution is 2.30. The highest BCUT2D eigenvalue weighted by atomic mass is 35.5. The minimum Gasteiger partial charge on any atom is -0.211 e. The molecule has 0 aliphatic carbocycles. The van der Waals surface area contributed by atoms with Gasteiger partial charge in [-0.15, -0.1) is 0 Å². The summed E-state index contributed by atoms with van der Waals surface area (Å²) in [5, 5.41) is 0.916. The van der Waals surface area contributed by atoms with Crippen molar-refractivity contribution in [3.05, 3.63) is 27.7 Å². The molecule has 0 amide bonds. The van der Waals surface area contributed by atoms with Crippen LogP contribution in [0.4, 0.5) is 5.69 Å². The minimum atomic E-state index is 0.356. The van der Waals surface area contributed by atoms with Gasteiger partial charge >= 0.3 is 0 Å². The number of carbonyl (C=O) groups excluding carboxylic acids is 1. The Balaban J connectivity index is 3.32. The molecular weight excluding hydrogens is 197 g/mol. The van der Waals surface area contributed by atoms with Crippen molar-refractivity contribution >= 4 is 35.0 Å². The lowest BCUT2D eigenvalue weighted by Crippen LogP contribution is -1.75. The SMILES string of the molecule is Cc1cc(N=C=O)c(Cl)cc1Cl. The van der Waals surface area contributed by atoms with Gasteiger partial charge in [-0.25, -0.2) is 4.79 Å². The third kappa shape index (κ3) is 1.86. The van der Waals surface area contributed by atoms with E-state index in [2.05, 4.69) is 4.99 Å². The van der Waals surface area contributed by atoms with Gasteiger partial charge in [0.2, 0.25) is 6.08 Å². The molecule has 0 unspecified atom stereocenters. The first kappa shape index (κ1) is 9.27. The van der Waals surface area contributed by atoms with Gasteiger partial charge in [0.15, 0.2) is 0 Å². The summed E-state index contributed by atoms with van der Waals surface area (Å²) in [6.45, 7) is 1.81. The maximum atomic E-state index is 9.94. The molecule has 0 aliphatic heterocycles. The van der Waals surface area contributed by atoms with E-state index in [-0.39, 0.29) is 0 Å². The zero-order chi connectivity index (χ0) is 9.14. The van der Waals surface area contributed by atoms with E-state index in [0.717, 1.165) is 5.56 Å². The first-order valence-electron chi connectivity index (χ1n) is 3.18. The van der Waals surface area contributed by atoms with Gasteiger partial charge in [-0.1, -0.05) is 23.2 Å². The lowest BCUT2D eigenvalue weighted by Gasteiger charge is -2.00. The number of hydrogen-bond acceptors (Lipinski definition) is 2. The van der Waals surface area contributed by atoms with Crippen molar-refractivity contribution in [1.29, 1.82) is 0 Å². The molecular formula is C8H5Cl2NO. The second kappa shape index (κ2) is 3.72. The summed E-state index contributed by atoms with van der Waals surface area (Å²) in [6, 6.07) is 3.18. The van der Waals surface area contributed by atoms with E-state index in [1.807, 2.05) is 6.92 Å². The van der Waals surface area contributed by atoms with E-state index in [4.69, 9.17) is 23.2 Å². The first-order chi connectivity index (χ1) is 5.65. The number of aryl methyl sites for hydroxylation is 1. The van der Waals surface area contributed by atoms with Gasteiger partial charge in [-0.05, 0) is 24.6 Å². The Hall–Kier alpha value is -0.820. The molecule has 0 N–H and O–H groups in total. The third-order valence-corrected chi connectivity index (χ3v) is 2.10. The van der Waals surface area contributed by atoms with Crippen LogP contribution in [0.2, 0.25) is 10.0 Å². The summed E-state index contributed by atoms with van der Waals surface area (Å²) in [5.41, 5.74) is 1.23. The Morgan fingerprint density at radius 1 is 1.33 bits per heavy atom. The standard InChI is InChI=1S/C8H5Cl2NO/c1-5-2-8(11-4-12)7(10)3-6(5)9/h2-3H,1H3. The minimum absolute atomic E-state index is 0.356. The van der Waals surface area contributed by atoms with Crippen molar-refractivity contribution in [2.24, 2.45) is 4.99 Å². The normalized spacial score (nSPS) is 9.25. The monoisotopic (exact) mass is 201 g/mol. The van der Waals surface area contributed by atoms with Crippen molar-refractivity contribution in [2.45, 2.75) is 6.92 Å². The van der Waals surface area contributed by atoms with Crippen molar-refractivity contribution in [3.63, 3.8) is 0 Å². The van der Waals surface area contributed by atoms with Crippen molar-refractivity contribution < 1.29 is 4.79 Å². The number of hydrogen-bond donors (Lipinski definition) is 0. The Labute approximate surface area is 79.8 Å². The van der Waals surface area contributed by atoms with Gasteiger partial charge in [0.25, 0.3) is 0 Å². The summed E-state index contributed by atoms with van der Waals surface area (Å²) < 4.78 is 0. The molecule has 0 radical (unpaired) electrons. The largest absolute Gasteiger partial charge is 0.240 e. The molecule has 62 valence electrons. The van der Waals surface area contributed by atoms with E-state index < -0.39 is 0 Å². The molecule has 0 spiro atoms. The molecule has 0 saturated carbocycles. The molecule has 0 aliphatic rings. The average Bonchev–Trinajstić information content (AvgIpc) is 2.01. The van der Waals surface area contributed by atoms with E-state index in [0.29, 0.717) is 15.7 Å². The number of isocyanates is 1. The predicted octanol–water partition coefficient (Wildman–Crippen LogP) is 3.27. The maximum absolute atomic E-state index is 9.94. The molecule has 0 bridgehead atoms. The second-order valence-corrected chi connectivity index (χ2v) is 3.07. The summed E-state index contributed by atoms with van der Waals surface area (Å²) in [6.07, 6.45) is 1.42. The van der Waals surface area contributed by atoms with Crippen LogP contribution < -0.4 is 0 Å². The number of rotatable bonds is 1. The smallest absolute Gasteiger partial charge is 0.211 e. The lowest BCUT2D eigenvalue weighted by molar-refractivity contribution is 0.565. The molecule has 1 aromatic rings. The van der Waals surface area contributed by atoms with Gasteiger partial charge in [0, 0.05) is 5.02 Å². The number of benzene rings is 1. The van der Waals surface area contributed by atoms with Crippen LogP contribution in [0.15, 0.2) is 17.1 Å². The van der Waals surface area contributed by atoms with Gasteiger partial charge in [0.05, 0.1) is 10.7 Å². The molecule has 0 atom stereocenters. The number of halogens is 2. The van der Waals surface area contributed by atoms with Gasteiger partial charge < -0.3 is 0 Å². The fraction of sp³-hybridized carbons (Fsp3) is 0.125. The Kier molecular flexibility index (Phi) is 2.88. The zero-order valence-electron chi connectivity index (χ0n) is 6.27. The van der Waals surface area contributed by atoms with Crippen LogP contribution in [0.5, 0.6) is 0 Å². The molecule has 1 rings (SSSR count). The molecule has 1 aromatic carbocycles. The van der Waals surface area contributed by atoms with E-state index >= 15 is 0 Å². The first-order valence-corrected chi connectivity index (χ1v) is 3.94. The summed E-state index contributed by atoms with van der Waals surface area (Å²) >= 11 is 11.5. The van der Waals surface area contributed by atoms with Crippen LogP contribution in [0.3, 0.4) is 0 Å². The van der Waals surface area contributed by atoms with Crippen LogP contribution in [0.25, 0.3) is 0 Å². The summed E-state index contributed by atoms with van der Waals surface area (Å²) in [4.78, 5) is 13.4. The predicted molar refractivity (Wildman–Crippen MR) is 49.0 cm³/mol. The Morgan fingerprint density at radius 3 is 2.58 bits per heavy atom. The van der Waals surface area contributed by atoms with E-state index in [1.165, 1.54) is 6.08 Å². The summed E-state index contributed by atoms with van der Waals surface area (Å²) in [7, 11) is 0. The average molecular weight is 202 g/mol. The lowest BCUT2D eigenvalue weighted by atomic mass is 10.2. The van der Waals surface area contributed by atoms with Crippen LogP contribution in [-0.2, 0) is 4.79 Å². The summed E-state index contributed by atoms with van der Waals surface area (Å²) in [5.74, 6) is 0. The van der Waals surface area contributed by atoms with Crippen LogP contribution in [0, 0.1) is 6.92 Å².